The van der Waals surface area contributed by atoms with Gasteiger partial charge in [0.05, 0.1) is 6.61 Å². The van der Waals surface area contributed by atoms with Crippen molar-refractivity contribution in [1.82, 2.24) is 0 Å². The van der Waals surface area contributed by atoms with Crippen LogP contribution in [0.15, 0.2) is 72.9 Å². The number of aliphatic hydroxyl groups excluding tert-OH is 2. The van der Waals surface area contributed by atoms with Crippen LogP contribution in [-0.4, -0.2) is 35.5 Å². The van der Waals surface area contributed by atoms with Gasteiger partial charge in [-0.1, -0.05) is 112 Å². The summed E-state index contributed by atoms with van der Waals surface area (Å²) in [5.74, 6) is -0.559. The summed E-state index contributed by atoms with van der Waals surface area (Å²) in [6, 6.07) is 0. The molecule has 0 spiro atoms. The maximum Gasteiger partial charge on any atom is 0.330 e. The van der Waals surface area contributed by atoms with Crippen molar-refractivity contribution in [2.45, 2.75) is 64.4 Å². The van der Waals surface area contributed by atoms with E-state index in [1.54, 1.807) is 18.2 Å². The van der Waals surface area contributed by atoms with Crippen LogP contribution in [0.5, 0.6) is 0 Å². The van der Waals surface area contributed by atoms with Crippen molar-refractivity contribution in [2.24, 2.45) is 0 Å². The molecule has 2 N–H and O–H groups in total. The topological polar surface area (TPSA) is 66.8 Å². The summed E-state index contributed by atoms with van der Waals surface area (Å²) in [5.41, 5.74) is 0. The third-order valence-electron chi connectivity index (χ3n) is 3.97. The van der Waals surface area contributed by atoms with Gasteiger partial charge >= 0.3 is 5.97 Å². The zero-order chi connectivity index (χ0) is 21.4. The van der Waals surface area contributed by atoms with Gasteiger partial charge in [-0.25, -0.2) is 4.79 Å². The van der Waals surface area contributed by atoms with E-state index < -0.39 is 18.7 Å². The van der Waals surface area contributed by atoms with Gasteiger partial charge < -0.3 is 14.9 Å². The minimum atomic E-state index is -1.03. The van der Waals surface area contributed by atoms with Gasteiger partial charge in [-0.3, -0.25) is 0 Å². The lowest BCUT2D eigenvalue weighted by molar-refractivity contribution is -0.141. The van der Waals surface area contributed by atoms with Gasteiger partial charge in [-0.15, -0.1) is 0 Å². The summed E-state index contributed by atoms with van der Waals surface area (Å²) in [7, 11) is 0. The Morgan fingerprint density at radius 1 is 0.793 bits per heavy atom. The number of allylic oxidation sites excluding steroid dienone is 11. The van der Waals surface area contributed by atoms with Crippen LogP contribution in [0.1, 0.15) is 58.3 Å². The smallest absolute Gasteiger partial charge is 0.330 e. The number of carbonyl (C=O) groups excluding carboxylic acids is 1. The Hall–Kier alpha value is -2.17. The molecule has 4 heteroatoms. The highest BCUT2D eigenvalue weighted by Gasteiger charge is 2.03. The molecule has 0 radical (unpaired) electrons. The van der Waals surface area contributed by atoms with E-state index in [-0.39, 0.29) is 6.61 Å². The van der Waals surface area contributed by atoms with Crippen LogP contribution in [0.25, 0.3) is 0 Å². The van der Waals surface area contributed by atoms with Gasteiger partial charge in [0.2, 0.25) is 0 Å². The van der Waals surface area contributed by atoms with Gasteiger partial charge in [-0.2, -0.15) is 0 Å². The van der Waals surface area contributed by atoms with Gasteiger partial charge in [0, 0.05) is 6.08 Å². The highest BCUT2D eigenvalue weighted by molar-refractivity contribution is 5.82. The fourth-order valence-corrected chi connectivity index (χ4v) is 2.32. The molecule has 162 valence electrons. The molecule has 0 saturated heterocycles. The van der Waals surface area contributed by atoms with E-state index in [9.17, 15) is 4.79 Å². The van der Waals surface area contributed by atoms with Crippen molar-refractivity contribution in [1.29, 1.82) is 0 Å². The summed E-state index contributed by atoms with van der Waals surface area (Å²) in [4.78, 5) is 11.3. The molecule has 0 aliphatic rings. The minimum Gasteiger partial charge on any atom is -0.460 e. The van der Waals surface area contributed by atoms with E-state index in [0.29, 0.717) is 0 Å². The number of esters is 1. The van der Waals surface area contributed by atoms with E-state index in [4.69, 9.17) is 14.9 Å². The number of hydrogen-bond acceptors (Lipinski definition) is 4. The van der Waals surface area contributed by atoms with E-state index >= 15 is 0 Å². The molecule has 0 fully saturated rings. The Morgan fingerprint density at radius 3 is 1.90 bits per heavy atom. The van der Waals surface area contributed by atoms with Crippen LogP contribution in [0, 0.1) is 0 Å². The van der Waals surface area contributed by atoms with E-state index in [1.165, 1.54) is 51.0 Å². The Kier molecular flexibility index (Phi) is 20.5. The molecule has 0 aromatic heterocycles. The normalized spacial score (nSPS) is 13.9. The standard InChI is InChI=1S/C25H38O4/c1-2-3-4-5-6-7-8-9-10-11-12-13-14-15-16-17-18-19-20-21-25(28)29-23-24(27)22-26/h10-21,24,26-27H,2-9,22-23H2,1H3/b11-10+,13-12+,15-14+,17-16+,19-18+,21-20+. The number of aliphatic hydroxyl groups is 2. The van der Waals surface area contributed by atoms with Gasteiger partial charge in [0.25, 0.3) is 0 Å². The van der Waals surface area contributed by atoms with Crippen molar-refractivity contribution in [2.75, 3.05) is 13.2 Å². The fourth-order valence-electron chi connectivity index (χ4n) is 2.32. The number of carbonyl (C=O) groups is 1. The van der Waals surface area contributed by atoms with Crippen LogP contribution in [0.2, 0.25) is 0 Å². The van der Waals surface area contributed by atoms with Crippen molar-refractivity contribution in [3.63, 3.8) is 0 Å². The van der Waals surface area contributed by atoms with Crippen LogP contribution < -0.4 is 0 Å². The van der Waals surface area contributed by atoms with E-state index in [1.807, 2.05) is 36.5 Å². The summed E-state index contributed by atoms with van der Waals surface area (Å²) < 4.78 is 4.72. The predicted molar refractivity (Wildman–Crippen MR) is 122 cm³/mol. The SMILES string of the molecule is CCCCCCCCC/C=C/C=C/C=C/C=C/C=C/C=C/C(=O)OCC(O)CO. The number of rotatable bonds is 17. The monoisotopic (exact) mass is 402 g/mol. The first-order chi connectivity index (χ1) is 14.2. The maximum atomic E-state index is 11.3. The molecule has 0 rings (SSSR count). The molecule has 0 heterocycles. The Balaban J connectivity index is 3.72. The van der Waals surface area contributed by atoms with Gasteiger partial charge in [0.1, 0.15) is 12.7 Å². The summed E-state index contributed by atoms with van der Waals surface area (Å²) in [6.45, 7) is 1.61. The lowest BCUT2D eigenvalue weighted by Crippen LogP contribution is -2.21. The lowest BCUT2D eigenvalue weighted by atomic mass is 10.1. The zero-order valence-electron chi connectivity index (χ0n) is 17.8. The predicted octanol–water partition coefficient (Wildman–Crippen LogP) is 5.36. The fraction of sp³-hybridized carbons (Fsp3) is 0.480. The van der Waals surface area contributed by atoms with Crippen LogP contribution in [0.4, 0.5) is 0 Å². The first-order valence-corrected chi connectivity index (χ1v) is 10.7. The highest BCUT2D eigenvalue weighted by atomic mass is 16.5. The summed E-state index contributed by atoms with van der Waals surface area (Å²) >= 11 is 0. The van der Waals surface area contributed by atoms with E-state index in [2.05, 4.69) is 19.1 Å². The number of unbranched alkanes of at least 4 members (excludes halogenated alkanes) is 7. The molecule has 0 bridgehead atoms. The Labute approximate surface area is 176 Å². The molecule has 0 aromatic carbocycles. The summed E-state index contributed by atoms with van der Waals surface area (Å²) in [5, 5.41) is 17.7. The number of hydrogen-bond donors (Lipinski definition) is 2. The lowest BCUT2D eigenvalue weighted by Gasteiger charge is -2.05. The largest absolute Gasteiger partial charge is 0.460 e. The van der Waals surface area contributed by atoms with Gasteiger partial charge in [0.15, 0.2) is 0 Å². The molecule has 4 nitrogen and oxygen atoms in total. The quantitative estimate of drug-likeness (QED) is 0.149. The second-order valence-electron chi connectivity index (χ2n) is 6.70. The molecule has 0 aliphatic heterocycles. The Bertz CT molecular complexity index is 553. The molecule has 0 aliphatic carbocycles. The van der Waals surface area contributed by atoms with Crippen molar-refractivity contribution >= 4 is 5.97 Å². The van der Waals surface area contributed by atoms with Gasteiger partial charge in [-0.05, 0) is 12.8 Å². The first kappa shape index (κ1) is 26.8. The second-order valence-corrected chi connectivity index (χ2v) is 6.70. The van der Waals surface area contributed by atoms with Crippen molar-refractivity contribution in [3.05, 3.63) is 72.9 Å². The second kappa shape index (κ2) is 22.1. The third-order valence-corrected chi connectivity index (χ3v) is 3.97. The maximum absolute atomic E-state index is 11.3. The Morgan fingerprint density at radius 2 is 1.31 bits per heavy atom. The number of ether oxygens (including phenoxy) is 1. The van der Waals surface area contributed by atoms with Crippen molar-refractivity contribution in [3.8, 4) is 0 Å². The highest BCUT2D eigenvalue weighted by Crippen LogP contribution is 2.08. The molecule has 0 saturated carbocycles. The van der Waals surface area contributed by atoms with Crippen LogP contribution in [0.3, 0.4) is 0 Å². The van der Waals surface area contributed by atoms with E-state index in [0.717, 1.165) is 6.42 Å². The molecule has 0 amide bonds. The van der Waals surface area contributed by atoms with Crippen LogP contribution >= 0.6 is 0 Å². The molecule has 0 aromatic rings. The first-order valence-electron chi connectivity index (χ1n) is 10.7. The molecule has 1 atom stereocenters. The minimum absolute atomic E-state index is 0.212. The zero-order valence-corrected chi connectivity index (χ0v) is 17.8. The molecular formula is C25H38O4. The third kappa shape index (κ3) is 22.0. The average Bonchev–Trinajstić information content (AvgIpc) is 2.73. The van der Waals surface area contributed by atoms with Crippen molar-refractivity contribution < 1.29 is 19.7 Å². The summed E-state index contributed by atoms with van der Waals surface area (Å²) in [6.07, 6.45) is 31.8. The molecular weight excluding hydrogens is 364 g/mol. The average molecular weight is 403 g/mol. The molecule has 1 unspecified atom stereocenters. The molecule has 29 heavy (non-hydrogen) atoms. The van der Waals surface area contributed by atoms with Crippen LogP contribution in [-0.2, 0) is 9.53 Å².